The maximum Gasteiger partial charge on any atom is 0.344 e. The van der Waals surface area contributed by atoms with Crippen LogP contribution in [0.1, 0.15) is 10.4 Å². The van der Waals surface area contributed by atoms with Crippen molar-refractivity contribution in [2.75, 3.05) is 19.8 Å². The van der Waals surface area contributed by atoms with Crippen molar-refractivity contribution < 1.29 is 19.1 Å². The molecule has 0 aliphatic heterocycles. The molecule has 0 unspecified atom stereocenters. The van der Waals surface area contributed by atoms with Gasteiger partial charge in [-0.05, 0) is 30.3 Å². The average molecular weight is 406 g/mol. The van der Waals surface area contributed by atoms with Gasteiger partial charge in [-0.25, -0.2) is 4.79 Å². The second-order valence-electron chi connectivity index (χ2n) is 4.58. The van der Waals surface area contributed by atoms with Crippen LogP contribution in [0.15, 0.2) is 42.7 Å². The Balaban J connectivity index is 0.00000312. The lowest BCUT2D eigenvalue weighted by Gasteiger charge is -2.09. The molecule has 0 fully saturated rings. The predicted molar refractivity (Wildman–Crippen MR) is 96.7 cm³/mol. The van der Waals surface area contributed by atoms with E-state index >= 15 is 0 Å². The second kappa shape index (κ2) is 10.8. The third-order valence-electron chi connectivity index (χ3n) is 2.83. The van der Waals surface area contributed by atoms with E-state index in [0.717, 1.165) is 0 Å². The van der Waals surface area contributed by atoms with Crippen LogP contribution in [0.5, 0.6) is 5.75 Å². The Bertz CT molecular complexity index is 714. The molecule has 0 radical (unpaired) electrons. The molecule has 2 rings (SSSR count). The Morgan fingerprint density at radius 1 is 1.12 bits per heavy atom. The van der Waals surface area contributed by atoms with E-state index in [1.165, 1.54) is 18.5 Å². The summed E-state index contributed by atoms with van der Waals surface area (Å²) < 4.78 is 10.2. The number of benzene rings is 1. The molecular weight excluding hydrogens is 391 g/mol. The van der Waals surface area contributed by atoms with Crippen LogP contribution < -0.4 is 10.1 Å². The number of nitrogens with zero attached hydrogens (tertiary/aromatic N) is 1. The molecule has 1 amide bonds. The SMILES string of the molecule is Cl.O=C(COc1ccc(Cl)cc1Cl)OCCNC(=O)c1ccncc1. The summed E-state index contributed by atoms with van der Waals surface area (Å²) in [6.07, 6.45) is 3.04. The number of amides is 1. The van der Waals surface area contributed by atoms with Gasteiger partial charge < -0.3 is 14.8 Å². The molecule has 1 aromatic carbocycles. The Morgan fingerprint density at radius 2 is 1.84 bits per heavy atom. The van der Waals surface area contributed by atoms with Crippen LogP contribution in [0.25, 0.3) is 0 Å². The third-order valence-corrected chi connectivity index (χ3v) is 3.36. The zero-order valence-corrected chi connectivity index (χ0v) is 15.2. The number of esters is 1. The molecule has 0 spiro atoms. The van der Waals surface area contributed by atoms with Crippen molar-refractivity contribution in [3.8, 4) is 5.75 Å². The molecule has 0 aliphatic carbocycles. The van der Waals surface area contributed by atoms with Crippen molar-refractivity contribution in [1.82, 2.24) is 10.3 Å². The molecule has 0 aliphatic rings. The maximum atomic E-state index is 11.7. The van der Waals surface area contributed by atoms with Gasteiger partial charge in [0.2, 0.25) is 0 Å². The number of hydrogen-bond acceptors (Lipinski definition) is 5. The highest BCUT2D eigenvalue weighted by atomic mass is 35.5. The number of carbonyl (C=O) groups is 2. The largest absolute Gasteiger partial charge is 0.480 e. The molecule has 2 aromatic rings. The van der Waals surface area contributed by atoms with Crippen LogP contribution in [-0.2, 0) is 9.53 Å². The topological polar surface area (TPSA) is 77.5 Å². The molecule has 1 heterocycles. The van der Waals surface area contributed by atoms with Gasteiger partial charge in [0.05, 0.1) is 11.6 Å². The van der Waals surface area contributed by atoms with Crippen LogP contribution in [0.4, 0.5) is 0 Å². The lowest BCUT2D eigenvalue weighted by atomic mass is 10.2. The Morgan fingerprint density at radius 3 is 2.52 bits per heavy atom. The molecule has 0 saturated heterocycles. The van der Waals surface area contributed by atoms with Crippen LogP contribution in [0.3, 0.4) is 0 Å². The van der Waals surface area contributed by atoms with Gasteiger partial charge in [0.1, 0.15) is 12.4 Å². The van der Waals surface area contributed by atoms with Crippen molar-refractivity contribution in [1.29, 1.82) is 0 Å². The highest BCUT2D eigenvalue weighted by Gasteiger charge is 2.08. The lowest BCUT2D eigenvalue weighted by Crippen LogP contribution is -2.28. The van der Waals surface area contributed by atoms with Crippen molar-refractivity contribution in [2.24, 2.45) is 0 Å². The second-order valence-corrected chi connectivity index (χ2v) is 5.42. The normalized spacial score (nSPS) is 9.68. The molecule has 134 valence electrons. The van der Waals surface area contributed by atoms with Crippen molar-refractivity contribution in [3.63, 3.8) is 0 Å². The lowest BCUT2D eigenvalue weighted by molar-refractivity contribution is -0.145. The van der Waals surface area contributed by atoms with Gasteiger partial charge in [0.25, 0.3) is 5.91 Å². The Hall–Kier alpha value is -2.02. The zero-order chi connectivity index (χ0) is 17.4. The number of pyridine rings is 1. The minimum absolute atomic E-state index is 0. The molecule has 0 saturated carbocycles. The van der Waals surface area contributed by atoms with Crippen LogP contribution in [0.2, 0.25) is 10.0 Å². The monoisotopic (exact) mass is 404 g/mol. The molecule has 9 heteroatoms. The van der Waals surface area contributed by atoms with E-state index in [0.29, 0.717) is 21.4 Å². The molecule has 25 heavy (non-hydrogen) atoms. The number of nitrogens with one attached hydrogen (secondary N) is 1. The molecular formula is C16H15Cl3N2O4. The zero-order valence-electron chi connectivity index (χ0n) is 12.9. The highest BCUT2D eigenvalue weighted by Crippen LogP contribution is 2.27. The summed E-state index contributed by atoms with van der Waals surface area (Å²) >= 11 is 11.7. The summed E-state index contributed by atoms with van der Waals surface area (Å²) in [4.78, 5) is 27.1. The molecule has 1 N–H and O–H groups in total. The van der Waals surface area contributed by atoms with E-state index in [9.17, 15) is 9.59 Å². The fourth-order valence-electron chi connectivity index (χ4n) is 1.71. The number of ether oxygens (including phenoxy) is 2. The van der Waals surface area contributed by atoms with E-state index in [-0.39, 0.29) is 38.1 Å². The van der Waals surface area contributed by atoms with Gasteiger partial charge in [0, 0.05) is 23.0 Å². The smallest absolute Gasteiger partial charge is 0.344 e. The predicted octanol–water partition coefficient (Wildman–Crippen LogP) is 3.16. The fourth-order valence-corrected chi connectivity index (χ4v) is 2.17. The summed E-state index contributed by atoms with van der Waals surface area (Å²) in [6.45, 7) is -0.0678. The number of rotatable bonds is 7. The molecule has 0 bridgehead atoms. The summed E-state index contributed by atoms with van der Waals surface area (Å²) in [5.41, 5.74) is 0.483. The van der Waals surface area contributed by atoms with Gasteiger partial charge in [-0.1, -0.05) is 23.2 Å². The minimum atomic E-state index is -0.570. The molecule has 0 atom stereocenters. The first kappa shape index (κ1) is 21.0. The fraction of sp³-hybridized carbons (Fsp3) is 0.188. The quantitative estimate of drug-likeness (QED) is 0.565. The maximum absolute atomic E-state index is 11.7. The molecule has 1 aromatic heterocycles. The molecule has 6 nitrogen and oxygen atoms in total. The number of hydrogen-bond donors (Lipinski definition) is 1. The van der Waals surface area contributed by atoms with Crippen molar-refractivity contribution in [3.05, 3.63) is 58.3 Å². The number of aromatic nitrogens is 1. The van der Waals surface area contributed by atoms with Gasteiger partial charge in [-0.15, -0.1) is 12.4 Å². The van der Waals surface area contributed by atoms with E-state index in [1.54, 1.807) is 24.3 Å². The van der Waals surface area contributed by atoms with E-state index in [1.807, 2.05) is 0 Å². The summed E-state index contributed by atoms with van der Waals surface area (Å²) in [7, 11) is 0. The van der Waals surface area contributed by atoms with Crippen molar-refractivity contribution in [2.45, 2.75) is 0 Å². The van der Waals surface area contributed by atoms with Gasteiger partial charge >= 0.3 is 5.97 Å². The first-order valence-corrected chi connectivity index (χ1v) is 7.73. The van der Waals surface area contributed by atoms with Crippen molar-refractivity contribution >= 4 is 47.5 Å². The average Bonchev–Trinajstić information content (AvgIpc) is 2.58. The van der Waals surface area contributed by atoms with Crippen LogP contribution >= 0.6 is 35.6 Å². The van der Waals surface area contributed by atoms with E-state index < -0.39 is 5.97 Å². The van der Waals surface area contributed by atoms with E-state index in [4.69, 9.17) is 32.7 Å². The minimum Gasteiger partial charge on any atom is -0.480 e. The third kappa shape index (κ3) is 7.17. The highest BCUT2D eigenvalue weighted by molar-refractivity contribution is 6.35. The Kier molecular flexibility index (Phi) is 9.05. The van der Waals surface area contributed by atoms with E-state index in [2.05, 4.69) is 10.3 Å². The first-order valence-electron chi connectivity index (χ1n) is 6.98. The Labute approximate surface area is 160 Å². The number of carbonyl (C=O) groups excluding carboxylic acids is 2. The first-order chi connectivity index (χ1) is 11.6. The van der Waals surface area contributed by atoms with Gasteiger partial charge in [-0.3, -0.25) is 9.78 Å². The number of halogens is 3. The summed E-state index contributed by atoms with van der Waals surface area (Å²) in [5, 5.41) is 3.40. The van der Waals surface area contributed by atoms with Gasteiger partial charge in [0.15, 0.2) is 6.61 Å². The van der Waals surface area contributed by atoms with Crippen LogP contribution in [0, 0.1) is 0 Å². The van der Waals surface area contributed by atoms with Gasteiger partial charge in [-0.2, -0.15) is 0 Å². The summed E-state index contributed by atoms with van der Waals surface area (Å²) in [5.74, 6) is -0.499. The standard InChI is InChI=1S/C16H14Cl2N2O4.ClH/c17-12-1-2-14(13(18)9-12)24-10-15(21)23-8-7-20-16(22)11-3-5-19-6-4-11;/h1-6,9H,7-8,10H2,(H,20,22);1H. The summed E-state index contributed by atoms with van der Waals surface area (Å²) in [6, 6.07) is 7.85. The van der Waals surface area contributed by atoms with Crippen LogP contribution in [-0.4, -0.2) is 36.6 Å².